The molecule has 0 saturated carbocycles. The SMILES string of the molecule is Cn1c(N=Nc2c(Nc3cccc4ccccc34)ccc3ccccc23)nc2ccccc21. The van der Waals surface area contributed by atoms with Crippen LogP contribution < -0.4 is 5.32 Å². The van der Waals surface area contributed by atoms with Crippen LogP contribution in [0.4, 0.5) is 23.0 Å². The Balaban J connectivity index is 1.49. The van der Waals surface area contributed by atoms with Crippen molar-refractivity contribution < 1.29 is 0 Å². The quantitative estimate of drug-likeness (QED) is 0.289. The second-order valence-corrected chi connectivity index (χ2v) is 7.99. The van der Waals surface area contributed by atoms with Gasteiger partial charge in [-0.25, -0.2) is 4.98 Å². The van der Waals surface area contributed by atoms with E-state index in [-0.39, 0.29) is 0 Å². The zero-order chi connectivity index (χ0) is 22.2. The van der Waals surface area contributed by atoms with Crippen LogP contribution >= 0.6 is 0 Å². The van der Waals surface area contributed by atoms with Gasteiger partial charge in [-0.1, -0.05) is 78.9 Å². The van der Waals surface area contributed by atoms with Crippen LogP contribution in [0.1, 0.15) is 0 Å². The van der Waals surface area contributed by atoms with Crippen molar-refractivity contribution in [3.8, 4) is 0 Å². The molecule has 1 aromatic heterocycles. The molecule has 0 spiro atoms. The summed E-state index contributed by atoms with van der Waals surface area (Å²) >= 11 is 0. The van der Waals surface area contributed by atoms with E-state index in [2.05, 4.69) is 82.1 Å². The van der Waals surface area contributed by atoms with Crippen molar-refractivity contribution in [1.82, 2.24) is 9.55 Å². The average Bonchev–Trinajstić information content (AvgIpc) is 3.19. The van der Waals surface area contributed by atoms with Gasteiger partial charge in [0.1, 0.15) is 5.69 Å². The van der Waals surface area contributed by atoms with Crippen molar-refractivity contribution in [2.24, 2.45) is 17.3 Å². The van der Waals surface area contributed by atoms with E-state index in [0.29, 0.717) is 5.95 Å². The number of hydrogen-bond donors (Lipinski definition) is 1. The highest BCUT2D eigenvalue weighted by Gasteiger charge is 2.11. The molecule has 0 aliphatic heterocycles. The summed E-state index contributed by atoms with van der Waals surface area (Å²) in [5.41, 5.74) is 4.64. The largest absolute Gasteiger partial charge is 0.353 e. The van der Waals surface area contributed by atoms with Gasteiger partial charge in [0.2, 0.25) is 5.95 Å². The van der Waals surface area contributed by atoms with E-state index >= 15 is 0 Å². The number of nitrogens with one attached hydrogen (secondary N) is 1. The highest BCUT2D eigenvalue weighted by Crippen LogP contribution is 2.38. The van der Waals surface area contributed by atoms with E-state index in [0.717, 1.165) is 44.3 Å². The second kappa shape index (κ2) is 7.88. The predicted octanol–water partition coefficient (Wildman–Crippen LogP) is 8.04. The fraction of sp³-hybridized carbons (Fsp3) is 0.0357. The van der Waals surface area contributed by atoms with E-state index in [4.69, 9.17) is 5.11 Å². The van der Waals surface area contributed by atoms with Crippen molar-refractivity contribution in [3.05, 3.63) is 103 Å². The normalized spacial score (nSPS) is 11.7. The van der Waals surface area contributed by atoms with Gasteiger partial charge in [-0.05, 0) is 35.0 Å². The number of para-hydroxylation sites is 2. The van der Waals surface area contributed by atoms with Crippen LogP contribution in [0.3, 0.4) is 0 Å². The summed E-state index contributed by atoms with van der Waals surface area (Å²) in [6, 6.07) is 35.0. The van der Waals surface area contributed by atoms with Crippen molar-refractivity contribution >= 4 is 55.6 Å². The molecule has 0 radical (unpaired) electrons. The molecule has 6 rings (SSSR count). The Labute approximate surface area is 191 Å². The third-order valence-corrected chi connectivity index (χ3v) is 5.96. The van der Waals surface area contributed by atoms with Gasteiger partial charge in [-0.15, -0.1) is 10.2 Å². The molecular weight excluding hydrogens is 406 g/mol. The Kier molecular flexibility index (Phi) is 4.58. The molecule has 1 N–H and O–H groups in total. The summed E-state index contributed by atoms with van der Waals surface area (Å²) in [5.74, 6) is 0.570. The third-order valence-electron chi connectivity index (χ3n) is 5.96. The standard InChI is InChI=1S/C28H21N5/c1-33-26-16-7-6-14-24(26)30-28(33)32-31-27-22-13-5-3-10-20(22)17-18-25(27)29-23-15-8-11-19-9-2-4-12-21(19)23/h2-18,29H,1H3. The maximum absolute atomic E-state index is 4.72. The van der Waals surface area contributed by atoms with Crippen LogP contribution in [0.2, 0.25) is 0 Å². The topological polar surface area (TPSA) is 54.6 Å². The molecule has 0 fully saturated rings. The first-order valence-electron chi connectivity index (χ1n) is 10.9. The Morgan fingerprint density at radius 1 is 0.636 bits per heavy atom. The van der Waals surface area contributed by atoms with Gasteiger partial charge in [-0.2, -0.15) is 0 Å². The van der Waals surface area contributed by atoms with E-state index < -0.39 is 0 Å². The maximum Gasteiger partial charge on any atom is 0.250 e. The first-order chi connectivity index (χ1) is 16.3. The molecule has 0 atom stereocenters. The summed E-state index contributed by atoms with van der Waals surface area (Å²) < 4.78 is 1.96. The van der Waals surface area contributed by atoms with Gasteiger partial charge in [0.15, 0.2) is 0 Å². The number of hydrogen-bond acceptors (Lipinski definition) is 4. The molecule has 5 aromatic carbocycles. The van der Waals surface area contributed by atoms with Gasteiger partial charge in [0, 0.05) is 23.5 Å². The second-order valence-electron chi connectivity index (χ2n) is 7.99. The Morgan fingerprint density at radius 2 is 1.33 bits per heavy atom. The Bertz CT molecular complexity index is 1660. The number of aryl methyl sites for hydroxylation is 1. The molecule has 0 aliphatic rings. The molecular formula is C28H21N5. The Morgan fingerprint density at radius 3 is 2.18 bits per heavy atom. The summed E-state index contributed by atoms with van der Waals surface area (Å²) in [7, 11) is 1.96. The van der Waals surface area contributed by atoms with E-state index in [1.807, 2.05) is 48.0 Å². The molecule has 5 heteroatoms. The summed E-state index contributed by atoms with van der Waals surface area (Å²) in [5, 5.41) is 17.4. The summed E-state index contributed by atoms with van der Waals surface area (Å²) in [6.45, 7) is 0. The minimum absolute atomic E-state index is 0.570. The van der Waals surface area contributed by atoms with Crippen molar-refractivity contribution in [2.45, 2.75) is 0 Å². The van der Waals surface area contributed by atoms with Crippen LogP contribution in [0.5, 0.6) is 0 Å². The third kappa shape index (κ3) is 3.40. The van der Waals surface area contributed by atoms with Crippen LogP contribution in [0.15, 0.2) is 113 Å². The first kappa shape index (κ1) is 19.2. The highest BCUT2D eigenvalue weighted by molar-refractivity contribution is 6.02. The number of azo groups is 1. The van der Waals surface area contributed by atoms with E-state index in [1.54, 1.807) is 0 Å². The smallest absolute Gasteiger partial charge is 0.250 e. The first-order valence-corrected chi connectivity index (χ1v) is 10.9. The molecule has 158 valence electrons. The number of rotatable bonds is 4. The van der Waals surface area contributed by atoms with E-state index in [9.17, 15) is 0 Å². The molecule has 0 amide bonds. The molecule has 33 heavy (non-hydrogen) atoms. The number of benzene rings is 5. The van der Waals surface area contributed by atoms with Crippen molar-refractivity contribution in [2.75, 3.05) is 5.32 Å². The Hall–Kier alpha value is -4.51. The van der Waals surface area contributed by atoms with Gasteiger partial charge >= 0.3 is 0 Å². The molecule has 0 unspecified atom stereocenters. The summed E-state index contributed by atoms with van der Waals surface area (Å²) in [6.07, 6.45) is 0. The van der Waals surface area contributed by atoms with Gasteiger partial charge in [-0.3, -0.25) is 0 Å². The minimum Gasteiger partial charge on any atom is -0.353 e. The molecule has 0 saturated heterocycles. The zero-order valence-electron chi connectivity index (χ0n) is 18.1. The lowest BCUT2D eigenvalue weighted by atomic mass is 10.1. The monoisotopic (exact) mass is 427 g/mol. The number of fused-ring (bicyclic) bond motifs is 3. The predicted molar refractivity (Wildman–Crippen MR) is 136 cm³/mol. The molecule has 0 aliphatic carbocycles. The van der Waals surface area contributed by atoms with Crippen LogP contribution in [-0.4, -0.2) is 9.55 Å². The van der Waals surface area contributed by atoms with Crippen LogP contribution in [-0.2, 0) is 7.05 Å². The molecule has 6 aromatic rings. The maximum atomic E-state index is 4.72. The zero-order valence-corrected chi connectivity index (χ0v) is 18.1. The number of nitrogens with zero attached hydrogens (tertiary/aromatic N) is 4. The number of imidazole rings is 1. The number of aromatic nitrogens is 2. The fourth-order valence-corrected chi connectivity index (χ4v) is 4.26. The van der Waals surface area contributed by atoms with Crippen molar-refractivity contribution in [1.29, 1.82) is 0 Å². The number of anilines is 2. The lowest BCUT2D eigenvalue weighted by Gasteiger charge is -2.13. The van der Waals surface area contributed by atoms with Crippen LogP contribution in [0.25, 0.3) is 32.6 Å². The molecule has 1 heterocycles. The van der Waals surface area contributed by atoms with Crippen molar-refractivity contribution in [3.63, 3.8) is 0 Å². The van der Waals surface area contributed by atoms with Gasteiger partial charge < -0.3 is 9.88 Å². The fourth-order valence-electron chi connectivity index (χ4n) is 4.26. The molecule has 5 nitrogen and oxygen atoms in total. The lowest BCUT2D eigenvalue weighted by Crippen LogP contribution is -1.93. The average molecular weight is 428 g/mol. The van der Waals surface area contributed by atoms with Crippen LogP contribution in [0, 0.1) is 0 Å². The lowest BCUT2D eigenvalue weighted by molar-refractivity contribution is 0.922. The van der Waals surface area contributed by atoms with Gasteiger partial charge in [0.25, 0.3) is 0 Å². The molecule has 0 bridgehead atoms. The summed E-state index contributed by atoms with van der Waals surface area (Å²) in [4.78, 5) is 4.64. The minimum atomic E-state index is 0.570. The van der Waals surface area contributed by atoms with E-state index in [1.165, 1.54) is 5.39 Å². The van der Waals surface area contributed by atoms with Gasteiger partial charge in [0.05, 0.1) is 16.7 Å². The highest BCUT2D eigenvalue weighted by atomic mass is 15.3.